The number of hydrogen-bond donors (Lipinski definition) is 0. The third-order valence-electron chi connectivity index (χ3n) is 5.06. The van der Waals surface area contributed by atoms with Crippen LogP contribution in [0.2, 0.25) is 0 Å². The van der Waals surface area contributed by atoms with Crippen LogP contribution in [0.25, 0.3) is 0 Å². The normalized spacial score (nSPS) is 23.3. The molecule has 2 aliphatic rings. The fourth-order valence-electron chi connectivity index (χ4n) is 3.89. The Morgan fingerprint density at radius 3 is 2.62 bits per heavy atom. The molecule has 3 atom stereocenters. The number of carbonyl (C=O) groups excluding carboxylic acids is 2. The van der Waals surface area contributed by atoms with Crippen molar-refractivity contribution in [2.45, 2.75) is 25.4 Å². The number of fused-ring (bicyclic) bond motifs is 3. The number of rotatable bonds is 4. The van der Waals surface area contributed by atoms with Crippen molar-refractivity contribution in [3.63, 3.8) is 0 Å². The van der Waals surface area contributed by atoms with Crippen LogP contribution in [0.5, 0.6) is 0 Å². The van der Waals surface area contributed by atoms with Gasteiger partial charge in [-0.3, -0.25) is 14.6 Å². The molecule has 1 fully saturated rings. The van der Waals surface area contributed by atoms with Crippen LogP contribution in [0.1, 0.15) is 40.9 Å². The molecule has 5 heteroatoms. The monoisotopic (exact) mass is 348 g/mol. The van der Waals surface area contributed by atoms with Gasteiger partial charge in [0.25, 0.3) is 0 Å². The number of esters is 1. The molecule has 0 N–H and O–H groups in total. The van der Waals surface area contributed by atoms with Crippen molar-refractivity contribution in [1.82, 2.24) is 5.01 Å². The molecule has 0 amide bonds. The van der Waals surface area contributed by atoms with Gasteiger partial charge >= 0.3 is 5.97 Å². The average molecular weight is 348 g/mol. The molecule has 26 heavy (non-hydrogen) atoms. The highest BCUT2D eigenvalue weighted by Crippen LogP contribution is 2.45. The summed E-state index contributed by atoms with van der Waals surface area (Å²) in [6.07, 6.45) is 2.17. The average Bonchev–Trinajstić information content (AvgIpc) is 3.08. The smallest absolute Gasteiger partial charge is 0.311 e. The van der Waals surface area contributed by atoms with Crippen LogP contribution in [-0.2, 0) is 9.53 Å². The Bertz CT molecular complexity index is 863. The maximum Gasteiger partial charge on any atom is 0.311 e. The van der Waals surface area contributed by atoms with Crippen LogP contribution in [-0.4, -0.2) is 35.6 Å². The van der Waals surface area contributed by atoms with Gasteiger partial charge in [-0.05, 0) is 24.5 Å². The summed E-state index contributed by atoms with van der Waals surface area (Å²) in [6, 6.07) is 16.3. The van der Waals surface area contributed by atoms with E-state index < -0.39 is 12.0 Å². The van der Waals surface area contributed by atoms with Gasteiger partial charge in [-0.25, -0.2) is 0 Å². The van der Waals surface area contributed by atoms with Gasteiger partial charge in [0.05, 0.1) is 24.8 Å². The largest absolute Gasteiger partial charge is 0.466 e. The Morgan fingerprint density at radius 1 is 1.12 bits per heavy atom. The molecule has 4 rings (SSSR count). The summed E-state index contributed by atoms with van der Waals surface area (Å²) in [5.41, 5.74) is 2.63. The number of ketones is 1. The van der Waals surface area contributed by atoms with E-state index in [2.05, 4.69) is 5.10 Å². The van der Waals surface area contributed by atoms with Gasteiger partial charge in [-0.2, -0.15) is 5.10 Å². The zero-order valence-electron chi connectivity index (χ0n) is 14.5. The summed E-state index contributed by atoms with van der Waals surface area (Å²) < 4.78 is 5.29. The van der Waals surface area contributed by atoms with Crippen LogP contribution >= 0.6 is 0 Å². The third kappa shape index (κ3) is 2.69. The molecule has 2 aromatic rings. The van der Waals surface area contributed by atoms with Crippen LogP contribution in [0.15, 0.2) is 59.7 Å². The van der Waals surface area contributed by atoms with Crippen LogP contribution in [0, 0.1) is 5.92 Å². The molecule has 132 valence electrons. The number of ether oxygens (including phenoxy) is 1. The molecule has 0 bridgehead atoms. The molecule has 3 unspecified atom stereocenters. The summed E-state index contributed by atoms with van der Waals surface area (Å²) in [5.74, 6) is -0.692. The zero-order chi connectivity index (χ0) is 18.1. The number of benzene rings is 2. The second-order valence-electron chi connectivity index (χ2n) is 6.54. The topological polar surface area (TPSA) is 59.0 Å². The van der Waals surface area contributed by atoms with E-state index in [0.717, 1.165) is 11.1 Å². The van der Waals surface area contributed by atoms with E-state index in [-0.39, 0.29) is 17.8 Å². The second kappa shape index (κ2) is 6.75. The maximum atomic E-state index is 13.1. The van der Waals surface area contributed by atoms with E-state index >= 15 is 0 Å². The molecule has 0 radical (unpaired) electrons. The van der Waals surface area contributed by atoms with E-state index in [1.807, 2.05) is 42.5 Å². The fourth-order valence-corrected chi connectivity index (χ4v) is 3.89. The van der Waals surface area contributed by atoms with Crippen molar-refractivity contribution in [2.75, 3.05) is 6.61 Å². The minimum atomic E-state index is -0.471. The number of nitrogens with zero attached hydrogens (tertiary/aromatic N) is 2. The van der Waals surface area contributed by atoms with Crippen molar-refractivity contribution in [1.29, 1.82) is 0 Å². The van der Waals surface area contributed by atoms with E-state index in [0.29, 0.717) is 18.6 Å². The van der Waals surface area contributed by atoms with Crippen LogP contribution < -0.4 is 0 Å². The Balaban J connectivity index is 1.73. The van der Waals surface area contributed by atoms with Crippen molar-refractivity contribution in [3.8, 4) is 0 Å². The number of Topliss-reactive ketones (excluding diaryl/α,β-unsaturated/α-hetero) is 1. The van der Waals surface area contributed by atoms with E-state index in [1.54, 1.807) is 30.3 Å². The SMILES string of the molecule is CCOC(=O)C1CC(C(=O)c2ccccc2)N2N=Cc3ccccc3C12. The fraction of sp³-hybridized carbons (Fsp3) is 0.286. The molecule has 0 saturated carbocycles. The Kier molecular flexibility index (Phi) is 4.29. The highest BCUT2D eigenvalue weighted by molar-refractivity contribution is 6.01. The number of hydrogen-bond acceptors (Lipinski definition) is 5. The van der Waals surface area contributed by atoms with Crippen molar-refractivity contribution in [2.24, 2.45) is 11.0 Å². The molecule has 2 heterocycles. The van der Waals surface area contributed by atoms with Gasteiger partial charge in [-0.15, -0.1) is 0 Å². The standard InChI is InChI=1S/C21H20N2O3/c1-2-26-21(25)17-12-18(20(24)14-8-4-3-5-9-14)23-19(17)16-11-7-6-10-15(16)13-22-23/h3-11,13,17-19H,2,12H2,1H3. The first-order chi connectivity index (χ1) is 12.7. The molecular formula is C21H20N2O3. The lowest BCUT2D eigenvalue weighted by atomic mass is 9.89. The zero-order valence-corrected chi connectivity index (χ0v) is 14.5. The molecule has 0 aromatic heterocycles. The molecule has 2 aliphatic heterocycles. The van der Waals surface area contributed by atoms with E-state index in [4.69, 9.17) is 4.74 Å². The minimum absolute atomic E-state index is 0.0149. The molecule has 2 aromatic carbocycles. The van der Waals surface area contributed by atoms with Gasteiger partial charge in [0, 0.05) is 5.56 Å². The molecule has 0 aliphatic carbocycles. The highest BCUT2D eigenvalue weighted by Gasteiger charge is 2.50. The lowest BCUT2D eigenvalue weighted by Gasteiger charge is -2.32. The lowest BCUT2D eigenvalue weighted by molar-refractivity contribution is -0.149. The Morgan fingerprint density at radius 2 is 1.85 bits per heavy atom. The summed E-state index contributed by atoms with van der Waals surface area (Å²) in [6.45, 7) is 2.12. The van der Waals surface area contributed by atoms with E-state index in [9.17, 15) is 9.59 Å². The van der Waals surface area contributed by atoms with Crippen molar-refractivity contribution < 1.29 is 14.3 Å². The van der Waals surface area contributed by atoms with Crippen LogP contribution in [0.4, 0.5) is 0 Å². The first kappa shape index (κ1) is 16.5. The predicted molar refractivity (Wildman–Crippen MR) is 97.9 cm³/mol. The maximum absolute atomic E-state index is 13.1. The molecular weight excluding hydrogens is 328 g/mol. The van der Waals surface area contributed by atoms with Crippen molar-refractivity contribution in [3.05, 3.63) is 71.3 Å². The first-order valence-electron chi connectivity index (χ1n) is 8.88. The summed E-state index contributed by atoms with van der Waals surface area (Å²) in [7, 11) is 0. The van der Waals surface area contributed by atoms with Crippen molar-refractivity contribution >= 4 is 18.0 Å². The minimum Gasteiger partial charge on any atom is -0.466 e. The highest BCUT2D eigenvalue weighted by atomic mass is 16.5. The van der Waals surface area contributed by atoms with Gasteiger partial charge < -0.3 is 4.74 Å². The van der Waals surface area contributed by atoms with Gasteiger partial charge in [0.15, 0.2) is 5.78 Å². The lowest BCUT2D eigenvalue weighted by Crippen LogP contribution is -2.36. The predicted octanol–water partition coefficient (Wildman–Crippen LogP) is 3.21. The summed E-state index contributed by atoms with van der Waals surface area (Å²) in [5, 5.41) is 6.32. The Hall–Kier alpha value is -2.95. The number of carbonyl (C=O) groups is 2. The Labute approximate surface area is 152 Å². The molecule has 0 spiro atoms. The number of hydrazone groups is 1. The summed E-state index contributed by atoms with van der Waals surface area (Å²) in [4.78, 5) is 25.7. The first-order valence-corrected chi connectivity index (χ1v) is 8.88. The van der Waals surface area contributed by atoms with Crippen LogP contribution in [0.3, 0.4) is 0 Å². The summed E-state index contributed by atoms with van der Waals surface area (Å²) >= 11 is 0. The van der Waals surface area contributed by atoms with Gasteiger partial charge in [0.1, 0.15) is 6.04 Å². The van der Waals surface area contributed by atoms with Gasteiger partial charge in [0.2, 0.25) is 0 Å². The van der Waals surface area contributed by atoms with Gasteiger partial charge in [-0.1, -0.05) is 54.6 Å². The molecule has 1 saturated heterocycles. The van der Waals surface area contributed by atoms with E-state index in [1.165, 1.54) is 0 Å². The quantitative estimate of drug-likeness (QED) is 0.629. The second-order valence-corrected chi connectivity index (χ2v) is 6.54. The third-order valence-corrected chi connectivity index (χ3v) is 5.06. The molecule has 5 nitrogen and oxygen atoms in total.